The van der Waals surface area contributed by atoms with Gasteiger partial charge in [-0.25, -0.2) is 0 Å². The summed E-state index contributed by atoms with van der Waals surface area (Å²) in [7, 11) is 0. The van der Waals surface area contributed by atoms with E-state index in [9.17, 15) is 9.59 Å². The lowest BCUT2D eigenvalue weighted by molar-refractivity contribution is -0.113. The fraction of sp³-hybridized carbons (Fsp3) is 0.0833. The zero-order chi connectivity index (χ0) is 19.9. The topological polar surface area (TPSA) is 58.2 Å². The summed E-state index contributed by atoms with van der Waals surface area (Å²) in [6, 6.07) is 24.1. The summed E-state index contributed by atoms with van der Waals surface area (Å²) in [6.07, 6.45) is 1.66. The molecule has 0 bridgehead atoms. The maximum atomic E-state index is 12.8. The van der Waals surface area contributed by atoms with Gasteiger partial charge in [0.05, 0.1) is 0 Å². The first kappa shape index (κ1) is 19.1. The first-order valence-electron chi connectivity index (χ1n) is 9.04. The molecule has 0 saturated carbocycles. The van der Waals surface area contributed by atoms with E-state index in [4.69, 9.17) is 0 Å². The van der Waals surface area contributed by atoms with Gasteiger partial charge in [0.15, 0.2) is 0 Å². The van der Waals surface area contributed by atoms with Crippen molar-refractivity contribution in [3.05, 3.63) is 107 Å². The van der Waals surface area contributed by atoms with Gasteiger partial charge in [-0.15, -0.1) is 0 Å². The number of hydrogen-bond acceptors (Lipinski definition) is 2. The maximum absolute atomic E-state index is 12.8. The molecule has 0 unspecified atom stereocenters. The molecule has 0 heterocycles. The van der Waals surface area contributed by atoms with Crippen LogP contribution in [0.4, 0.5) is 5.69 Å². The van der Waals surface area contributed by atoms with Crippen LogP contribution in [0.5, 0.6) is 0 Å². The highest BCUT2D eigenvalue weighted by Crippen LogP contribution is 2.12. The molecule has 3 aromatic rings. The second-order valence-corrected chi connectivity index (χ2v) is 6.61. The van der Waals surface area contributed by atoms with E-state index in [1.807, 2.05) is 80.6 Å². The fourth-order valence-electron chi connectivity index (χ4n) is 2.61. The molecule has 0 aliphatic rings. The second kappa shape index (κ2) is 8.82. The molecule has 0 radical (unpaired) electrons. The predicted molar refractivity (Wildman–Crippen MR) is 113 cm³/mol. The van der Waals surface area contributed by atoms with Crippen molar-refractivity contribution >= 4 is 23.6 Å². The Morgan fingerprint density at radius 3 is 1.93 bits per heavy atom. The lowest BCUT2D eigenvalue weighted by Gasteiger charge is -2.12. The van der Waals surface area contributed by atoms with Gasteiger partial charge >= 0.3 is 0 Å². The molecule has 0 atom stereocenters. The van der Waals surface area contributed by atoms with E-state index in [0.29, 0.717) is 11.3 Å². The number of carbonyl (C=O) groups is 2. The van der Waals surface area contributed by atoms with E-state index in [0.717, 1.165) is 16.7 Å². The molecule has 4 nitrogen and oxygen atoms in total. The number of amides is 2. The predicted octanol–water partition coefficient (Wildman–Crippen LogP) is 4.71. The Hall–Kier alpha value is -3.66. The van der Waals surface area contributed by atoms with Crippen LogP contribution < -0.4 is 10.6 Å². The lowest BCUT2D eigenvalue weighted by Crippen LogP contribution is -2.30. The number of rotatable bonds is 5. The second-order valence-electron chi connectivity index (χ2n) is 6.61. The third kappa shape index (κ3) is 5.17. The van der Waals surface area contributed by atoms with Crippen molar-refractivity contribution in [2.75, 3.05) is 5.32 Å². The van der Waals surface area contributed by atoms with Crippen LogP contribution in [0.1, 0.15) is 27.0 Å². The highest BCUT2D eigenvalue weighted by Gasteiger charge is 2.15. The Bertz CT molecular complexity index is 989. The number of aryl methyl sites for hydroxylation is 2. The number of hydrogen-bond donors (Lipinski definition) is 2. The van der Waals surface area contributed by atoms with Gasteiger partial charge in [-0.2, -0.15) is 0 Å². The highest BCUT2D eigenvalue weighted by atomic mass is 16.2. The quantitative estimate of drug-likeness (QED) is 0.639. The van der Waals surface area contributed by atoms with Crippen molar-refractivity contribution in [2.45, 2.75) is 13.8 Å². The molecular weight excluding hydrogens is 348 g/mol. The minimum absolute atomic E-state index is 0.178. The summed E-state index contributed by atoms with van der Waals surface area (Å²) < 4.78 is 0. The van der Waals surface area contributed by atoms with Crippen molar-refractivity contribution in [2.24, 2.45) is 0 Å². The molecule has 28 heavy (non-hydrogen) atoms. The van der Waals surface area contributed by atoms with E-state index in [-0.39, 0.29) is 17.5 Å². The molecule has 0 aliphatic heterocycles. The van der Waals surface area contributed by atoms with E-state index in [1.54, 1.807) is 18.2 Å². The minimum atomic E-state index is -0.381. The van der Waals surface area contributed by atoms with E-state index in [1.165, 1.54) is 0 Å². The summed E-state index contributed by atoms with van der Waals surface area (Å²) in [5, 5.41) is 5.58. The number of carbonyl (C=O) groups excluding carboxylic acids is 2. The van der Waals surface area contributed by atoms with Crippen molar-refractivity contribution in [3.8, 4) is 0 Å². The summed E-state index contributed by atoms with van der Waals surface area (Å²) in [5.74, 6) is -0.714. The van der Waals surface area contributed by atoms with Gasteiger partial charge in [-0.05, 0) is 49.8 Å². The monoisotopic (exact) mass is 370 g/mol. The molecule has 0 aliphatic carbocycles. The van der Waals surface area contributed by atoms with Crippen LogP contribution in [0.15, 0.2) is 84.6 Å². The maximum Gasteiger partial charge on any atom is 0.272 e. The third-order valence-corrected chi connectivity index (χ3v) is 4.23. The Morgan fingerprint density at radius 2 is 1.32 bits per heavy atom. The van der Waals surface area contributed by atoms with Crippen LogP contribution in [0, 0.1) is 13.8 Å². The summed E-state index contributed by atoms with van der Waals surface area (Å²) in [6.45, 7) is 3.94. The highest BCUT2D eigenvalue weighted by molar-refractivity contribution is 6.10. The molecule has 0 spiro atoms. The lowest BCUT2D eigenvalue weighted by atomic mass is 10.1. The van der Waals surface area contributed by atoms with Crippen LogP contribution in [-0.4, -0.2) is 11.8 Å². The number of anilines is 1. The van der Waals surface area contributed by atoms with Gasteiger partial charge < -0.3 is 10.6 Å². The molecular formula is C24H22N2O2. The van der Waals surface area contributed by atoms with Crippen molar-refractivity contribution < 1.29 is 9.59 Å². The van der Waals surface area contributed by atoms with Crippen LogP contribution >= 0.6 is 0 Å². The molecule has 0 saturated heterocycles. The zero-order valence-corrected chi connectivity index (χ0v) is 15.9. The molecule has 4 heteroatoms. The summed E-state index contributed by atoms with van der Waals surface area (Å²) >= 11 is 0. The standard InChI is InChI=1S/C24H22N2O2/c1-17-8-12-20(13-9-17)23(27)26-22(16-19-6-4-3-5-7-19)24(28)25-21-14-10-18(2)11-15-21/h3-16H,1-2H3,(H,25,28)(H,26,27)/b22-16+. The number of benzene rings is 3. The molecule has 3 aromatic carbocycles. The zero-order valence-electron chi connectivity index (χ0n) is 15.9. The van der Waals surface area contributed by atoms with Crippen LogP contribution in [0.3, 0.4) is 0 Å². The molecule has 0 aromatic heterocycles. The molecule has 140 valence electrons. The first-order valence-corrected chi connectivity index (χ1v) is 9.04. The van der Waals surface area contributed by atoms with E-state index < -0.39 is 0 Å². The largest absolute Gasteiger partial charge is 0.321 e. The van der Waals surface area contributed by atoms with Crippen LogP contribution in [-0.2, 0) is 4.79 Å². The van der Waals surface area contributed by atoms with Gasteiger partial charge in [0.1, 0.15) is 5.70 Å². The Labute approximate surface area is 164 Å². The Balaban J connectivity index is 1.85. The summed E-state index contributed by atoms with van der Waals surface area (Å²) in [4.78, 5) is 25.5. The first-order chi connectivity index (χ1) is 13.5. The average Bonchev–Trinajstić information content (AvgIpc) is 2.70. The minimum Gasteiger partial charge on any atom is -0.321 e. The number of nitrogens with one attached hydrogen (secondary N) is 2. The summed E-state index contributed by atoms with van der Waals surface area (Å²) in [5.41, 5.74) is 4.32. The van der Waals surface area contributed by atoms with Crippen molar-refractivity contribution in [1.82, 2.24) is 5.32 Å². The molecule has 0 fully saturated rings. The van der Waals surface area contributed by atoms with Crippen molar-refractivity contribution in [3.63, 3.8) is 0 Å². The van der Waals surface area contributed by atoms with Gasteiger partial charge in [0.2, 0.25) is 0 Å². The third-order valence-electron chi connectivity index (χ3n) is 4.23. The van der Waals surface area contributed by atoms with Crippen LogP contribution in [0.25, 0.3) is 6.08 Å². The fourth-order valence-corrected chi connectivity index (χ4v) is 2.61. The SMILES string of the molecule is Cc1ccc(NC(=O)/C(=C\c2ccccc2)NC(=O)c2ccc(C)cc2)cc1. The van der Waals surface area contributed by atoms with E-state index >= 15 is 0 Å². The van der Waals surface area contributed by atoms with Gasteiger partial charge in [-0.1, -0.05) is 65.7 Å². The Morgan fingerprint density at radius 1 is 0.750 bits per heavy atom. The van der Waals surface area contributed by atoms with Gasteiger partial charge in [0.25, 0.3) is 11.8 Å². The normalized spacial score (nSPS) is 11.0. The van der Waals surface area contributed by atoms with Crippen molar-refractivity contribution in [1.29, 1.82) is 0 Å². The smallest absolute Gasteiger partial charge is 0.272 e. The van der Waals surface area contributed by atoms with Gasteiger partial charge in [0, 0.05) is 11.3 Å². The Kier molecular flexibility index (Phi) is 6.02. The van der Waals surface area contributed by atoms with E-state index in [2.05, 4.69) is 10.6 Å². The molecule has 2 amide bonds. The average molecular weight is 370 g/mol. The molecule has 2 N–H and O–H groups in total. The van der Waals surface area contributed by atoms with Crippen LogP contribution in [0.2, 0.25) is 0 Å². The molecule has 3 rings (SSSR count). The van der Waals surface area contributed by atoms with Gasteiger partial charge in [-0.3, -0.25) is 9.59 Å².